The van der Waals surface area contributed by atoms with Gasteiger partial charge in [-0.25, -0.2) is 0 Å². The molecule has 11 heavy (non-hydrogen) atoms. The van der Waals surface area contributed by atoms with E-state index in [9.17, 15) is 0 Å². The van der Waals surface area contributed by atoms with Gasteiger partial charge in [-0.3, -0.25) is 4.90 Å². The predicted octanol–water partition coefficient (Wildman–Crippen LogP) is 2.68. The van der Waals surface area contributed by atoms with Gasteiger partial charge in [0.05, 0.1) is 0 Å². The lowest BCUT2D eigenvalue weighted by molar-refractivity contribution is 0.313. The van der Waals surface area contributed by atoms with Crippen molar-refractivity contribution in [2.75, 3.05) is 19.6 Å². The van der Waals surface area contributed by atoms with Gasteiger partial charge in [-0.05, 0) is 26.4 Å². The van der Waals surface area contributed by atoms with Crippen molar-refractivity contribution in [1.29, 1.82) is 0 Å². The van der Waals surface area contributed by atoms with Crippen molar-refractivity contribution in [3.05, 3.63) is 12.2 Å². The van der Waals surface area contributed by atoms with Crippen LogP contribution in [0.15, 0.2) is 12.2 Å². The van der Waals surface area contributed by atoms with Gasteiger partial charge >= 0.3 is 0 Å². The summed E-state index contributed by atoms with van der Waals surface area (Å²) in [7, 11) is 0. The van der Waals surface area contributed by atoms with Crippen LogP contribution in [0.25, 0.3) is 0 Å². The second kappa shape index (κ2) is 7.80. The summed E-state index contributed by atoms with van der Waals surface area (Å²) in [5.74, 6) is 0. The van der Waals surface area contributed by atoms with E-state index in [-0.39, 0.29) is 0 Å². The Balaban J connectivity index is 3.40. The van der Waals surface area contributed by atoms with Gasteiger partial charge in [0, 0.05) is 6.54 Å². The van der Waals surface area contributed by atoms with Crippen LogP contribution in [-0.2, 0) is 0 Å². The summed E-state index contributed by atoms with van der Waals surface area (Å²) >= 11 is 0. The molecule has 0 aromatic rings. The number of hydrogen-bond acceptors (Lipinski definition) is 1. The lowest BCUT2D eigenvalue weighted by atomic mass is 10.3. The summed E-state index contributed by atoms with van der Waals surface area (Å²) in [6.45, 7) is 10.1. The summed E-state index contributed by atoms with van der Waals surface area (Å²) in [5.41, 5.74) is 0. The molecular formula is C10H21N. The molecule has 0 aromatic carbocycles. The second-order valence-electron chi connectivity index (χ2n) is 2.82. The van der Waals surface area contributed by atoms with Gasteiger partial charge in [-0.2, -0.15) is 0 Å². The second-order valence-corrected chi connectivity index (χ2v) is 2.82. The van der Waals surface area contributed by atoms with Crippen molar-refractivity contribution >= 4 is 0 Å². The molecule has 1 nitrogen and oxygen atoms in total. The van der Waals surface area contributed by atoms with E-state index < -0.39 is 0 Å². The van der Waals surface area contributed by atoms with Crippen LogP contribution in [0, 0.1) is 0 Å². The zero-order chi connectivity index (χ0) is 8.53. The van der Waals surface area contributed by atoms with Crippen molar-refractivity contribution in [3.63, 3.8) is 0 Å². The Kier molecular flexibility index (Phi) is 7.59. The average molecular weight is 155 g/mol. The lowest BCUT2D eigenvalue weighted by Crippen LogP contribution is -2.24. The molecule has 0 heterocycles. The molecule has 0 fully saturated rings. The fourth-order valence-electron chi connectivity index (χ4n) is 1.01. The third-order valence-corrected chi connectivity index (χ3v) is 1.87. The Labute approximate surface area is 71.1 Å². The molecule has 0 spiro atoms. The van der Waals surface area contributed by atoms with E-state index in [2.05, 4.69) is 37.8 Å². The smallest absolute Gasteiger partial charge is 0.0162 e. The molecule has 0 N–H and O–H groups in total. The van der Waals surface area contributed by atoms with Gasteiger partial charge < -0.3 is 0 Å². The summed E-state index contributed by atoms with van der Waals surface area (Å²) in [4.78, 5) is 2.46. The molecule has 1 heteroatoms. The number of rotatable bonds is 6. The fraction of sp³-hybridized carbons (Fsp3) is 0.800. The van der Waals surface area contributed by atoms with Crippen molar-refractivity contribution in [2.24, 2.45) is 0 Å². The van der Waals surface area contributed by atoms with E-state index in [1.807, 2.05) is 0 Å². The number of allylic oxidation sites excluding steroid dienone is 1. The minimum atomic E-state index is 1.12. The van der Waals surface area contributed by atoms with E-state index in [0.717, 1.165) is 6.54 Å². The molecule has 0 radical (unpaired) electrons. The Morgan fingerprint density at radius 3 is 2.45 bits per heavy atom. The molecule has 0 rings (SSSR count). The normalized spacial score (nSPS) is 11.6. The Morgan fingerprint density at radius 2 is 2.00 bits per heavy atom. The van der Waals surface area contributed by atoms with Crippen LogP contribution >= 0.6 is 0 Å². The van der Waals surface area contributed by atoms with E-state index in [0.29, 0.717) is 0 Å². The predicted molar refractivity (Wildman–Crippen MR) is 51.8 cm³/mol. The quantitative estimate of drug-likeness (QED) is 0.533. The first kappa shape index (κ1) is 10.7. The van der Waals surface area contributed by atoms with Crippen LogP contribution in [-0.4, -0.2) is 24.5 Å². The molecule has 0 aliphatic rings. The number of nitrogens with zero attached hydrogens (tertiary/aromatic N) is 1. The van der Waals surface area contributed by atoms with Crippen LogP contribution in [0.1, 0.15) is 33.6 Å². The number of hydrogen-bond donors (Lipinski definition) is 0. The zero-order valence-corrected chi connectivity index (χ0v) is 8.14. The highest BCUT2D eigenvalue weighted by molar-refractivity contribution is 4.80. The molecule has 0 aromatic heterocycles. The maximum atomic E-state index is 2.46. The molecule has 0 unspecified atom stereocenters. The van der Waals surface area contributed by atoms with Crippen LogP contribution < -0.4 is 0 Å². The third kappa shape index (κ3) is 6.11. The van der Waals surface area contributed by atoms with Crippen LogP contribution in [0.4, 0.5) is 0 Å². The monoisotopic (exact) mass is 155 g/mol. The van der Waals surface area contributed by atoms with Gasteiger partial charge in [-0.1, -0.05) is 32.4 Å². The molecular weight excluding hydrogens is 134 g/mol. The standard InChI is InChI=1S/C10H21N/c1-4-7-9-11(6-3)10-8-5-2/h4,7H,5-6,8-10H2,1-3H3/b7-4+. The van der Waals surface area contributed by atoms with E-state index >= 15 is 0 Å². The van der Waals surface area contributed by atoms with E-state index in [1.165, 1.54) is 25.9 Å². The van der Waals surface area contributed by atoms with Crippen molar-refractivity contribution in [2.45, 2.75) is 33.6 Å². The topological polar surface area (TPSA) is 3.24 Å². The third-order valence-electron chi connectivity index (χ3n) is 1.87. The van der Waals surface area contributed by atoms with Crippen LogP contribution in [0.5, 0.6) is 0 Å². The maximum Gasteiger partial charge on any atom is 0.0162 e. The summed E-state index contributed by atoms with van der Waals surface area (Å²) in [5, 5.41) is 0. The van der Waals surface area contributed by atoms with Crippen molar-refractivity contribution < 1.29 is 0 Å². The minimum Gasteiger partial charge on any atom is -0.300 e. The zero-order valence-electron chi connectivity index (χ0n) is 8.14. The summed E-state index contributed by atoms with van der Waals surface area (Å²) < 4.78 is 0. The highest BCUT2D eigenvalue weighted by Gasteiger charge is 1.96. The molecule has 0 aliphatic carbocycles. The van der Waals surface area contributed by atoms with E-state index in [1.54, 1.807) is 0 Å². The first-order valence-corrected chi connectivity index (χ1v) is 4.68. The highest BCUT2D eigenvalue weighted by Crippen LogP contribution is 1.94. The number of unbranched alkanes of at least 4 members (excludes halogenated alkanes) is 1. The molecule has 0 amide bonds. The summed E-state index contributed by atoms with van der Waals surface area (Å²) in [6, 6.07) is 0. The van der Waals surface area contributed by atoms with Gasteiger partial charge in [0.1, 0.15) is 0 Å². The Bertz CT molecular complexity index is 97.0. The Morgan fingerprint density at radius 1 is 1.27 bits per heavy atom. The largest absolute Gasteiger partial charge is 0.300 e. The van der Waals surface area contributed by atoms with Gasteiger partial charge in [-0.15, -0.1) is 0 Å². The van der Waals surface area contributed by atoms with Gasteiger partial charge in [0.2, 0.25) is 0 Å². The van der Waals surface area contributed by atoms with Crippen LogP contribution in [0.3, 0.4) is 0 Å². The molecule has 0 bridgehead atoms. The molecule has 0 aliphatic heterocycles. The lowest BCUT2D eigenvalue weighted by Gasteiger charge is -2.17. The van der Waals surface area contributed by atoms with Gasteiger partial charge in [0.25, 0.3) is 0 Å². The van der Waals surface area contributed by atoms with E-state index in [4.69, 9.17) is 0 Å². The summed E-state index contributed by atoms with van der Waals surface area (Å²) in [6.07, 6.45) is 6.96. The Hall–Kier alpha value is -0.300. The fourth-order valence-corrected chi connectivity index (χ4v) is 1.01. The van der Waals surface area contributed by atoms with Gasteiger partial charge in [0.15, 0.2) is 0 Å². The van der Waals surface area contributed by atoms with Crippen molar-refractivity contribution in [3.8, 4) is 0 Å². The number of likely N-dealkylation sites (N-methyl/N-ethyl adjacent to an activating group) is 1. The first-order chi connectivity index (χ1) is 5.35. The molecule has 0 atom stereocenters. The maximum absolute atomic E-state index is 2.46. The minimum absolute atomic E-state index is 1.12. The molecule has 0 saturated carbocycles. The average Bonchev–Trinajstić information content (AvgIpc) is 2.05. The van der Waals surface area contributed by atoms with Crippen molar-refractivity contribution in [1.82, 2.24) is 4.90 Å². The van der Waals surface area contributed by atoms with Crippen LogP contribution in [0.2, 0.25) is 0 Å². The SMILES string of the molecule is C/C=C/CN(CC)CCCC. The highest BCUT2D eigenvalue weighted by atomic mass is 15.1. The first-order valence-electron chi connectivity index (χ1n) is 4.68. The molecule has 66 valence electrons. The molecule has 0 saturated heterocycles.